The van der Waals surface area contributed by atoms with Gasteiger partial charge in [0.05, 0.1) is 13.7 Å². The zero-order valence-electron chi connectivity index (χ0n) is 9.82. The van der Waals surface area contributed by atoms with E-state index in [2.05, 4.69) is 31.9 Å². The summed E-state index contributed by atoms with van der Waals surface area (Å²) in [5.41, 5.74) is 7.20. The Morgan fingerprint density at radius 1 is 1.32 bits per heavy atom. The third-order valence-electron chi connectivity index (χ3n) is 2.91. The molecule has 0 spiro atoms. The number of hydrogen-bond acceptors (Lipinski definition) is 3. The highest BCUT2D eigenvalue weighted by molar-refractivity contribution is 9.12. The van der Waals surface area contributed by atoms with Crippen LogP contribution in [-0.4, -0.2) is 11.7 Å². The van der Waals surface area contributed by atoms with Crippen molar-refractivity contribution in [3.8, 4) is 0 Å². The van der Waals surface area contributed by atoms with E-state index in [0.29, 0.717) is 5.56 Å². The molecule has 0 aliphatic heterocycles. The maximum Gasteiger partial charge on any atom is 0.123 e. The molecule has 0 fully saturated rings. The predicted octanol–water partition coefficient (Wildman–Crippen LogP) is 4.19. The molecular weight excluding hydrogens is 397 g/mol. The first-order chi connectivity index (χ1) is 9.02. The van der Waals surface area contributed by atoms with Gasteiger partial charge in [0, 0.05) is 18.0 Å². The average molecular weight is 409 g/mol. The maximum absolute atomic E-state index is 13.3. The van der Waals surface area contributed by atoms with Gasteiger partial charge in [0.15, 0.2) is 0 Å². The second kappa shape index (κ2) is 6.45. The maximum atomic E-state index is 13.3. The Morgan fingerprint density at radius 2 is 2.05 bits per heavy atom. The van der Waals surface area contributed by atoms with Gasteiger partial charge in [0.1, 0.15) is 5.82 Å². The summed E-state index contributed by atoms with van der Waals surface area (Å²) < 4.78 is 15.0. The molecule has 1 aromatic heterocycles. The first-order valence-electron chi connectivity index (χ1n) is 5.61. The van der Waals surface area contributed by atoms with E-state index in [9.17, 15) is 9.50 Å². The van der Waals surface area contributed by atoms with Crippen LogP contribution in [0, 0.1) is 5.82 Å². The Kier molecular flexibility index (Phi) is 5.14. The van der Waals surface area contributed by atoms with Crippen molar-refractivity contribution in [2.75, 3.05) is 6.54 Å². The van der Waals surface area contributed by atoms with Crippen LogP contribution in [0.2, 0.25) is 0 Å². The van der Waals surface area contributed by atoms with Gasteiger partial charge in [0.2, 0.25) is 0 Å². The van der Waals surface area contributed by atoms with Crippen molar-refractivity contribution in [1.82, 2.24) is 0 Å². The molecule has 0 radical (unpaired) electrons. The summed E-state index contributed by atoms with van der Waals surface area (Å²) in [7, 11) is 0. The normalized spacial score (nSPS) is 14.4. The molecule has 2 nitrogen and oxygen atoms in total. The topological polar surface area (TPSA) is 46.2 Å². The van der Waals surface area contributed by atoms with Crippen LogP contribution in [0.1, 0.15) is 23.1 Å². The van der Waals surface area contributed by atoms with Gasteiger partial charge in [-0.1, -0.05) is 12.1 Å². The number of nitrogens with two attached hydrogens (primary N) is 1. The molecule has 0 bridgehead atoms. The van der Waals surface area contributed by atoms with Gasteiger partial charge >= 0.3 is 0 Å². The van der Waals surface area contributed by atoms with E-state index < -0.39 is 6.10 Å². The van der Waals surface area contributed by atoms with Crippen molar-refractivity contribution in [2.45, 2.75) is 12.0 Å². The highest BCUT2D eigenvalue weighted by Crippen LogP contribution is 2.40. The molecule has 0 aliphatic rings. The lowest BCUT2D eigenvalue weighted by Crippen LogP contribution is -2.20. The van der Waals surface area contributed by atoms with E-state index in [4.69, 9.17) is 5.73 Å². The van der Waals surface area contributed by atoms with Crippen molar-refractivity contribution in [3.63, 3.8) is 0 Å². The minimum atomic E-state index is -0.774. The molecule has 2 atom stereocenters. The van der Waals surface area contributed by atoms with Crippen molar-refractivity contribution in [1.29, 1.82) is 0 Å². The Morgan fingerprint density at radius 3 is 2.58 bits per heavy atom. The van der Waals surface area contributed by atoms with Crippen molar-refractivity contribution >= 4 is 43.2 Å². The number of aliphatic hydroxyl groups is 1. The molecule has 2 aromatic rings. The number of rotatable bonds is 4. The predicted molar refractivity (Wildman–Crippen MR) is 82.9 cm³/mol. The van der Waals surface area contributed by atoms with Gasteiger partial charge in [-0.2, -0.15) is 0 Å². The second-order valence-corrected chi connectivity index (χ2v) is 7.87. The molecule has 0 saturated carbocycles. The van der Waals surface area contributed by atoms with E-state index in [1.54, 1.807) is 12.1 Å². The van der Waals surface area contributed by atoms with Gasteiger partial charge in [-0.25, -0.2) is 4.39 Å². The zero-order valence-corrected chi connectivity index (χ0v) is 13.8. The third kappa shape index (κ3) is 3.44. The highest BCUT2D eigenvalue weighted by Gasteiger charge is 2.25. The lowest BCUT2D eigenvalue weighted by Gasteiger charge is -2.21. The van der Waals surface area contributed by atoms with Gasteiger partial charge in [-0.3, -0.25) is 0 Å². The number of aliphatic hydroxyl groups excluding tert-OH is 1. The Labute approximate surface area is 131 Å². The number of benzene rings is 1. The standard InChI is InChI=1S/C13H12Br2FNOS/c14-11-5-9(13(15)19-11)12(18)10(6-17)7-2-1-3-8(16)4-7/h1-5,10,12,18H,6,17H2. The Hall–Kier alpha value is -0.270. The summed E-state index contributed by atoms with van der Waals surface area (Å²) in [5.74, 6) is -0.665. The molecule has 2 unspecified atom stereocenters. The summed E-state index contributed by atoms with van der Waals surface area (Å²) in [5, 5.41) is 10.5. The monoisotopic (exact) mass is 407 g/mol. The summed E-state index contributed by atoms with van der Waals surface area (Å²) in [6.45, 7) is 0.241. The number of halogens is 3. The van der Waals surface area contributed by atoms with Crippen molar-refractivity contribution in [3.05, 3.63) is 54.8 Å². The summed E-state index contributed by atoms with van der Waals surface area (Å²) in [6, 6.07) is 8.04. The minimum absolute atomic E-state index is 0.241. The zero-order chi connectivity index (χ0) is 14.0. The summed E-state index contributed by atoms with van der Waals surface area (Å²) >= 11 is 8.27. The van der Waals surface area contributed by atoms with E-state index in [1.807, 2.05) is 6.07 Å². The van der Waals surface area contributed by atoms with Crippen molar-refractivity contribution in [2.24, 2.45) is 5.73 Å². The van der Waals surface area contributed by atoms with Crippen LogP contribution >= 0.6 is 43.2 Å². The second-order valence-electron chi connectivity index (χ2n) is 4.12. The van der Waals surface area contributed by atoms with Gasteiger partial charge in [-0.05, 0) is 55.6 Å². The fourth-order valence-electron chi connectivity index (χ4n) is 1.96. The lowest BCUT2D eigenvalue weighted by molar-refractivity contribution is 0.147. The van der Waals surface area contributed by atoms with E-state index in [-0.39, 0.29) is 18.3 Å². The van der Waals surface area contributed by atoms with E-state index in [1.165, 1.54) is 23.5 Å². The molecule has 1 heterocycles. The SMILES string of the molecule is NCC(c1cccc(F)c1)C(O)c1cc(Br)sc1Br. The minimum Gasteiger partial charge on any atom is -0.388 e. The van der Waals surface area contributed by atoms with Crippen molar-refractivity contribution < 1.29 is 9.50 Å². The summed E-state index contributed by atoms with van der Waals surface area (Å²) in [4.78, 5) is 0. The average Bonchev–Trinajstić information content (AvgIpc) is 2.69. The van der Waals surface area contributed by atoms with Crippen LogP contribution in [0.3, 0.4) is 0 Å². The van der Waals surface area contributed by atoms with E-state index in [0.717, 1.165) is 13.1 Å². The van der Waals surface area contributed by atoms with Crippen LogP contribution in [0.4, 0.5) is 4.39 Å². The molecule has 6 heteroatoms. The quantitative estimate of drug-likeness (QED) is 0.796. The molecular formula is C13H12Br2FNOS. The van der Waals surface area contributed by atoms with E-state index >= 15 is 0 Å². The molecule has 2 rings (SSSR count). The smallest absolute Gasteiger partial charge is 0.123 e. The third-order valence-corrected chi connectivity index (χ3v) is 5.30. The molecule has 19 heavy (non-hydrogen) atoms. The fraction of sp³-hybridized carbons (Fsp3) is 0.231. The fourth-order valence-corrected chi connectivity index (χ4v) is 4.87. The number of thiophene rings is 1. The van der Waals surface area contributed by atoms with Gasteiger partial charge in [0.25, 0.3) is 0 Å². The van der Waals surface area contributed by atoms with Crippen LogP contribution in [0.15, 0.2) is 37.9 Å². The molecule has 0 amide bonds. The molecule has 0 saturated heterocycles. The number of hydrogen-bond donors (Lipinski definition) is 2. The lowest BCUT2D eigenvalue weighted by atomic mass is 9.90. The molecule has 1 aromatic carbocycles. The molecule has 0 aliphatic carbocycles. The highest BCUT2D eigenvalue weighted by atomic mass is 79.9. The van der Waals surface area contributed by atoms with Crippen LogP contribution in [-0.2, 0) is 0 Å². The Balaban J connectivity index is 2.34. The van der Waals surface area contributed by atoms with Crippen LogP contribution in [0.5, 0.6) is 0 Å². The van der Waals surface area contributed by atoms with Crippen LogP contribution < -0.4 is 5.73 Å². The van der Waals surface area contributed by atoms with Gasteiger partial charge in [-0.15, -0.1) is 11.3 Å². The molecule has 102 valence electrons. The first kappa shape index (κ1) is 15.1. The van der Waals surface area contributed by atoms with Gasteiger partial charge < -0.3 is 10.8 Å². The largest absolute Gasteiger partial charge is 0.388 e. The molecule has 3 N–H and O–H groups in total. The Bertz CT molecular complexity index is 576. The van der Waals surface area contributed by atoms with Crippen LogP contribution in [0.25, 0.3) is 0 Å². The first-order valence-corrected chi connectivity index (χ1v) is 8.01. The summed E-state index contributed by atoms with van der Waals surface area (Å²) in [6.07, 6.45) is -0.774.